The molecule has 24 heavy (non-hydrogen) atoms. The molecule has 1 amide bonds. The molecule has 1 aromatic carbocycles. The Morgan fingerprint density at radius 1 is 1.25 bits per heavy atom. The largest absolute Gasteiger partial charge is 0.320 e. The highest BCUT2D eigenvalue weighted by atomic mass is 35.5. The van der Waals surface area contributed by atoms with Crippen LogP contribution < -0.4 is 5.32 Å². The number of hydrogen-bond acceptors (Lipinski definition) is 4. The molecule has 0 bridgehead atoms. The summed E-state index contributed by atoms with van der Waals surface area (Å²) >= 11 is 7.70. The van der Waals surface area contributed by atoms with Crippen molar-refractivity contribution in [2.24, 2.45) is 0 Å². The highest BCUT2D eigenvalue weighted by Crippen LogP contribution is 2.17. The Labute approximate surface area is 149 Å². The maximum absolute atomic E-state index is 12.3. The molecule has 0 unspecified atom stereocenters. The van der Waals surface area contributed by atoms with Gasteiger partial charge in [-0.1, -0.05) is 29.8 Å². The third-order valence-electron chi connectivity index (χ3n) is 3.39. The van der Waals surface area contributed by atoms with Crippen LogP contribution in [0.15, 0.2) is 60.0 Å². The summed E-state index contributed by atoms with van der Waals surface area (Å²) in [7, 11) is 0. The average molecular weight is 359 g/mol. The lowest BCUT2D eigenvalue weighted by Gasteiger charge is -2.04. The van der Waals surface area contributed by atoms with E-state index >= 15 is 0 Å². The Balaban J connectivity index is 1.68. The van der Waals surface area contributed by atoms with E-state index < -0.39 is 0 Å². The summed E-state index contributed by atoms with van der Waals surface area (Å²) in [5.41, 5.74) is 2.08. The number of hydrogen-bond donors (Lipinski definition) is 1. The van der Waals surface area contributed by atoms with Gasteiger partial charge in [0.15, 0.2) is 0 Å². The van der Waals surface area contributed by atoms with Gasteiger partial charge in [0.1, 0.15) is 0 Å². The van der Waals surface area contributed by atoms with Crippen molar-refractivity contribution in [3.05, 3.63) is 71.1 Å². The Morgan fingerprint density at radius 2 is 2.08 bits per heavy atom. The van der Waals surface area contributed by atoms with Crippen molar-refractivity contribution in [2.45, 2.75) is 11.6 Å². The summed E-state index contributed by atoms with van der Waals surface area (Å²) in [5, 5.41) is 8.61. The minimum atomic E-state index is -0.223. The van der Waals surface area contributed by atoms with E-state index in [1.165, 1.54) is 6.20 Å². The molecule has 0 saturated carbocycles. The van der Waals surface area contributed by atoms with Crippen molar-refractivity contribution in [2.75, 3.05) is 11.6 Å². The lowest BCUT2D eigenvalue weighted by atomic mass is 10.2. The second-order valence-corrected chi connectivity index (χ2v) is 6.30. The minimum absolute atomic E-state index is 0.223. The average Bonchev–Trinajstić information content (AvgIpc) is 3.06. The van der Waals surface area contributed by atoms with Gasteiger partial charge in [0.05, 0.1) is 35.2 Å². The first kappa shape index (κ1) is 16.5. The fourth-order valence-corrected chi connectivity index (χ4v) is 2.70. The summed E-state index contributed by atoms with van der Waals surface area (Å²) in [6.07, 6.45) is 6.82. The number of anilines is 1. The molecule has 0 aliphatic carbocycles. The smallest absolute Gasteiger partial charge is 0.258 e. The number of halogens is 1. The predicted octanol–water partition coefficient (Wildman–Crippen LogP) is 3.95. The van der Waals surface area contributed by atoms with E-state index in [1.807, 2.05) is 42.7 Å². The third kappa shape index (κ3) is 3.96. The molecule has 0 fully saturated rings. The number of thioether (sulfide) groups is 1. The van der Waals surface area contributed by atoms with Gasteiger partial charge >= 0.3 is 0 Å². The summed E-state index contributed by atoms with van der Waals surface area (Å²) in [4.78, 5) is 16.5. The van der Waals surface area contributed by atoms with Gasteiger partial charge in [-0.05, 0) is 30.0 Å². The monoisotopic (exact) mass is 358 g/mol. The van der Waals surface area contributed by atoms with Crippen molar-refractivity contribution < 1.29 is 4.79 Å². The third-order valence-corrected chi connectivity index (χ3v) is 4.42. The number of benzene rings is 1. The molecule has 3 rings (SSSR count). The van der Waals surface area contributed by atoms with Gasteiger partial charge in [0, 0.05) is 11.2 Å². The van der Waals surface area contributed by atoms with Crippen LogP contribution in [0.4, 0.5) is 5.69 Å². The van der Waals surface area contributed by atoms with Crippen molar-refractivity contribution in [1.29, 1.82) is 0 Å². The van der Waals surface area contributed by atoms with E-state index in [4.69, 9.17) is 11.6 Å². The number of amides is 1. The van der Waals surface area contributed by atoms with Crippen LogP contribution in [0.2, 0.25) is 5.02 Å². The second kappa shape index (κ2) is 7.51. The van der Waals surface area contributed by atoms with Crippen LogP contribution in [0.25, 0.3) is 0 Å². The van der Waals surface area contributed by atoms with Crippen LogP contribution >= 0.6 is 23.4 Å². The molecule has 2 aromatic heterocycles. The molecule has 2 heterocycles. The fraction of sp³-hybridized carbons (Fsp3) is 0.118. The maximum atomic E-state index is 12.3. The van der Waals surface area contributed by atoms with E-state index in [-0.39, 0.29) is 5.91 Å². The standard InChI is InChI=1S/C17H15ClN4OS/c1-24-16-7-6-14(9-19-16)21-17(23)13-8-20-22(11-13)10-12-4-2-3-5-15(12)18/h2-9,11H,10H2,1H3,(H,21,23). The van der Waals surface area contributed by atoms with Crippen molar-refractivity contribution in [3.63, 3.8) is 0 Å². The number of nitrogens with zero attached hydrogens (tertiary/aromatic N) is 3. The number of nitrogens with one attached hydrogen (secondary N) is 1. The van der Waals surface area contributed by atoms with E-state index in [0.717, 1.165) is 10.6 Å². The zero-order valence-corrected chi connectivity index (χ0v) is 14.5. The molecule has 0 aliphatic rings. The first-order chi connectivity index (χ1) is 11.7. The lowest BCUT2D eigenvalue weighted by molar-refractivity contribution is 0.102. The Kier molecular flexibility index (Phi) is 5.17. The van der Waals surface area contributed by atoms with Crippen LogP contribution in [-0.2, 0) is 6.54 Å². The summed E-state index contributed by atoms with van der Waals surface area (Å²) in [6, 6.07) is 11.3. The topological polar surface area (TPSA) is 59.8 Å². The molecule has 1 N–H and O–H groups in total. The SMILES string of the molecule is CSc1ccc(NC(=O)c2cnn(Cc3ccccc3Cl)c2)cn1. The van der Waals surface area contributed by atoms with Gasteiger partial charge < -0.3 is 5.32 Å². The van der Waals surface area contributed by atoms with E-state index in [1.54, 1.807) is 28.8 Å². The van der Waals surface area contributed by atoms with Crippen molar-refractivity contribution >= 4 is 35.0 Å². The van der Waals surface area contributed by atoms with Gasteiger partial charge in [-0.15, -0.1) is 11.8 Å². The van der Waals surface area contributed by atoms with Gasteiger partial charge in [-0.25, -0.2) is 4.98 Å². The van der Waals surface area contributed by atoms with Crippen LogP contribution in [-0.4, -0.2) is 26.9 Å². The molecule has 0 atom stereocenters. The summed E-state index contributed by atoms with van der Waals surface area (Å²) < 4.78 is 1.69. The molecule has 0 radical (unpaired) electrons. The Bertz CT molecular complexity index is 848. The summed E-state index contributed by atoms with van der Waals surface area (Å²) in [5.74, 6) is -0.223. The number of carbonyl (C=O) groups excluding carboxylic acids is 1. The van der Waals surface area contributed by atoms with Crippen molar-refractivity contribution in [3.8, 4) is 0 Å². The normalized spacial score (nSPS) is 10.6. The fourth-order valence-electron chi connectivity index (χ4n) is 2.15. The van der Waals surface area contributed by atoms with Gasteiger partial charge in [0.2, 0.25) is 0 Å². The molecule has 0 aliphatic heterocycles. The van der Waals surface area contributed by atoms with Crippen LogP contribution in [0, 0.1) is 0 Å². The number of rotatable bonds is 5. The van der Waals surface area contributed by atoms with E-state index in [0.29, 0.717) is 22.8 Å². The molecule has 5 nitrogen and oxygen atoms in total. The molecule has 3 aromatic rings. The van der Waals surface area contributed by atoms with Gasteiger partial charge in [0.25, 0.3) is 5.91 Å². The minimum Gasteiger partial charge on any atom is -0.320 e. The van der Waals surface area contributed by atoms with Crippen LogP contribution in [0.5, 0.6) is 0 Å². The highest BCUT2D eigenvalue weighted by Gasteiger charge is 2.10. The van der Waals surface area contributed by atoms with Gasteiger partial charge in [-0.2, -0.15) is 5.10 Å². The van der Waals surface area contributed by atoms with Gasteiger partial charge in [-0.3, -0.25) is 9.48 Å². The number of carbonyl (C=O) groups is 1. The van der Waals surface area contributed by atoms with E-state index in [9.17, 15) is 4.79 Å². The first-order valence-corrected chi connectivity index (χ1v) is 8.83. The first-order valence-electron chi connectivity index (χ1n) is 7.23. The zero-order valence-electron chi connectivity index (χ0n) is 12.9. The van der Waals surface area contributed by atoms with Crippen molar-refractivity contribution in [1.82, 2.24) is 14.8 Å². The van der Waals surface area contributed by atoms with Crippen LogP contribution in [0.1, 0.15) is 15.9 Å². The molecule has 7 heteroatoms. The predicted molar refractivity (Wildman–Crippen MR) is 96.8 cm³/mol. The zero-order chi connectivity index (χ0) is 16.9. The second-order valence-electron chi connectivity index (χ2n) is 5.06. The summed E-state index contributed by atoms with van der Waals surface area (Å²) in [6.45, 7) is 0.511. The molecule has 122 valence electrons. The molecule has 0 spiro atoms. The molecular formula is C17H15ClN4OS. The Hall–Kier alpha value is -2.31. The number of aromatic nitrogens is 3. The molecule has 0 saturated heterocycles. The van der Waals surface area contributed by atoms with Crippen LogP contribution in [0.3, 0.4) is 0 Å². The number of pyridine rings is 1. The lowest BCUT2D eigenvalue weighted by Crippen LogP contribution is -2.11. The Morgan fingerprint density at radius 3 is 2.79 bits per heavy atom. The van der Waals surface area contributed by atoms with E-state index in [2.05, 4.69) is 15.4 Å². The maximum Gasteiger partial charge on any atom is 0.258 e. The quantitative estimate of drug-likeness (QED) is 0.701. The highest BCUT2D eigenvalue weighted by molar-refractivity contribution is 7.98. The molecular weight excluding hydrogens is 344 g/mol.